The Bertz CT molecular complexity index is 511. The quantitative estimate of drug-likeness (QED) is 0.864. The summed E-state index contributed by atoms with van der Waals surface area (Å²) in [4.78, 5) is 0. The van der Waals surface area contributed by atoms with Gasteiger partial charge in [0.25, 0.3) is 0 Å². The van der Waals surface area contributed by atoms with Crippen molar-refractivity contribution in [3.05, 3.63) is 69.7 Å². The molecule has 2 aromatic rings. The minimum atomic E-state index is -0.587. The highest BCUT2D eigenvalue weighted by Gasteiger charge is 2.12. The molecule has 0 aliphatic heterocycles. The fraction of sp³-hybridized carbons (Fsp3) is 0.200. The number of aliphatic hydroxyl groups excluding tert-OH is 1. The molecule has 0 amide bonds. The lowest BCUT2D eigenvalue weighted by Crippen LogP contribution is -2.00. The highest BCUT2D eigenvalue weighted by atomic mass is 35.5. The van der Waals surface area contributed by atoms with Crippen LogP contribution >= 0.6 is 23.2 Å². The summed E-state index contributed by atoms with van der Waals surface area (Å²) < 4.78 is 0. The lowest BCUT2D eigenvalue weighted by atomic mass is 10.0. The van der Waals surface area contributed by atoms with Crippen molar-refractivity contribution >= 4 is 23.2 Å². The van der Waals surface area contributed by atoms with Crippen molar-refractivity contribution in [1.29, 1.82) is 0 Å². The Morgan fingerprint density at radius 2 is 1.72 bits per heavy atom. The summed E-state index contributed by atoms with van der Waals surface area (Å²) in [6, 6.07) is 15.2. The molecule has 2 aromatic carbocycles. The van der Waals surface area contributed by atoms with Gasteiger partial charge in [-0.2, -0.15) is 0 Å². The number of benzene rings is 2. The summed E-state index contributed by atoms with van der Waals surface area (Å²) in [5.74, 6) is 0. The summed E-state index contributed by atoms with van der Waals surface area (Å²) in [5, 5.41) is 11.3. The molecule has 0 heterocycles. The Kier molecular flexibility index (Phi) is 4.65. The molecule has 94 valence electrons. The Morgan fingerprint density at radius 1 is 1.00 bits per heavy atom. The van der Waals surface area contributed by atoms with Crippen LogP contribution in [0.1, 0.15) is 23.7 Å². The normalized spacial score (nSPS) is 12.4. The van der Waals surface area contributed by atoms with Crippen LogP contribution in [0.3, 0.4) is 0 Å². The maximum Gasteiger partial charge on any atom is 0.0808 e. The lowest BCUT2D eigenvalue weighted by Gasteiger charge is -2.13. The SMILES string of the molecule is OC(CCc1ccccc1)c1cc(Cl)ccc1Cl. The molecule has 0 fully saturated rings. The second-order valence-corrected chi connectivity index (χ2v) is 5.05. The van der Waals surface area contributed by atoms with Gasteiger partial charge in [0.2, 0.25) is 0 Å². The smallest absolute Gasteiger partial charge is 0.0808 e. The largest absolute Gasteiger partial charge is 0.388 e. The van der Waals surface area contributed by atoms with E-state index in [0.29, 0.717) is 22.0 Å². The van der Waals surface area contributed by atoms with E-state index in [1.165, 1.54) is 5.56 Å². The molecule has 0 aliphatic carbocycles. The number of rotatable bonds is 4. The fourth-order valence-electron chi connectivity index (χ4n) is 1.87. The van der Waals surface area contributed by atoms with Gasteiger partial charge in [-0.05, 0) is 36.6 Å². The van der Waals surface area contributed by atoms with E-state index in [1.54, 1.807) is 18.2 Å². The van der Waals surface area contributed by atoms with E-state index < -0.39 is 6.10 Å². The zero-order valence-electron chi connectivity index (χ0n) is 9.81. The van der Waals surface area contributed by atoms with E-state index in [1.807, 2.05) is 30.3 Å². The molecule has 0 aliphatic rings. The molecule has 0 saturated carbocycles. The minimum absolute atomic E-state index is 0.556. The van der Waals surface area contributed by atoms with E-state index >= 15 is 0 Å². The monoisotopic (exact) mass is 280 g/mol. The number of halogens is 2. The molecule has 1 atom stereocenters. The van der Waals surface area contributed by atoms with Crippen molar-refractivity contribution in [2.24, 2.45) is 0 Å². The Labute approximate surface area is 117 Å². The van der Waals surface area contributed by atoms with Crippen molar-refractivity contribution in [2.45, 2.75) is 18.9 Å². The maximum absolute atomic E-state index is 10.1. The molecule has 0 saturated heterocycles. The average Bonchev–Trinajstić information content (AvgIpc) is 2.40. The van der Waals surface area contributed by atoms with Crippen molar-refractivity contribution in [3.63, 3.8) is 0 Å². The zero-order chi connectivity index (χ0) is 13.0. The van der Waals surface area contributed by atoms with E-state index in [-0.39, 0.29) is 0 Å². The van der Waals surface area contributed by atoms with Crippen LogP contribution < -0.4 is 0 Å². The lowest BCUT2D eigenvalue weighted by molar-refractivity contribution is 0.168. The maximum atomic E-state index is 10.1. The summed E-state index contributed by atoms with van der Waals surface area (Å²) in [5.41, 5.74) is 1.90. The van der Waals surface area contributed by atoms with Gasteiger partial charge >= 0.3 is 0 Å². The molecular weight excluding hydrogens is 267 g/mol. The number of aliphatic hydroxyl groups is 1. The fourth-order valence-corrected chi connectivity index (χ4v) is 2.30. The van der Waals surface area contributed by atoms with Crippen LogP contribution in [0.5, 0.6) is 0 Å². The van der Waals surface area contributed by atoms with Crippen molar-refractivity contribution in [1.82, 2.24) is 0 Å². The number of hydrogen-bond acceptors (Lipinski definition) is 1. The van der Waals surface area contributed by atoms with Crippen LogP contribution in [-0.4, -0.2) is 5.11 Å². The highest BCUT2D eigenvalue weighted by Crippen LogP contribution is 2.28. The molecule has 0 aromatic heterocycles. The third-order valence-electron chi connectivity index (χ3n) is 2.87. The molecule has 0 radical (unpaired) electrons. The van der Waals surface area contributed by atoms with Crippen LogP contribution in [0, 0.1) is 0 Å². The number of aryl methyl sites for hydroxylation is 1. The predicted octanol–water partition coefficient (Wildman–Crippen LogP) is 4.66. The second kappa shape index (κ2) is 6.24. The first-order valence-electron chi connectivity index (χ1n) is 5.84. The predicted molar refractivity (Wildman–Crippen MR) is 76.2 cm³/mol. The zero-order valence-corrected chi connectivity index (χ0v) is 11.3. The Hall–Kier alpha value is -1.02. The summed E-state index contributed by atoms with van der Waals surface area (Å²) >= 11 is 12.0. The Morgan fingerprint density at radius 3 is 2.44 bits per heavy atom. The van der Waals surface area contributed by atoms with Crippen LogP contribution in [-0.2, 0) is 6.42 Å². The van der Waals surface area contributed by atoms with Crippen LogP contribution in [0.25, 0.3) is 0 Å². The molecule has 3 heteroatoms. The van der Waals surface area contributed by atoms with Gasteiger partial charge in [0.05, 0.1) is 6.10 Å². The van der Waals surface area contributed by atoms with E-state index in [0.717, 1.165) is 6.42 Å². The first-order valence-corrected chi connectivity index (χ1v) is 6.59. The highest BCUT2D eigenvalue weighted by molar-refractivity contribution is 6.33. The third-order valence-corrected chi connectivity index (χ3v) is 3.45. The van der Waals surface area contributed by atoms with Gasteiger partial charge in [-0.1, -0.05) is 53.5 Å². The van der Waals surface area contributed by atoms with Crippen LogP contribution in [0.15, 0.2) is 48.5 Å². The van der Waals surface area contributed by atoms with Crippen LogP contribution in [0.2, 0.25) is 10.0 Å². The molecule has 18 heavy (non-hydrogen) atoms. The van der Waals surface area contributed by atoms with Gasteiger partial charge in [-0.25, -0.2) is 0 Å². The van der Waals surface area contributed by atoms with E-state index in [9.17, 15) is 5.11 Å². The molecule has 1 unspecified atom stereocenters. The molecule has 1 N–H and O–H groups in total. The Balaban J connectivity index is 2.03. The van der Waals surface area contributed by atoms with Crippen LogP contribution in [0.4, 0.5) is 0 Å². The van der Waals surface area contributed by atoms with Gasteiger partial charge in [0.15, 0.2) is 0 Å². The van der Waals surface area contributed by atoms with E-state index in [2.05, 4.69) is 0 Å². The van der Waals surface area contributed by atoms with Gasteiger partial charge in [0, 0.05) is 15.6 Å². The van der Waals surface area contributed by atoms with Gasteiger partial charge in [-0.3, -0.25) is 0 Å². The van der Waals surface area contributed by atoms with Crippen molar-refractivity contribution < 1.29 is 5.11 Å². The molecular formula is C15H14Cl2O. The topological polar surface area (TPSA) is 20.2 Å². The third kappa shape index (κ3) is 3.49. The molecule has 0 spiro atoms. The summed E-state index contributed by atoms with van der Waals surface area (Å²) in [6.45, 7) is 0. The first-order chi connectivity index (χ1) is 8.66. The summed E-state index contributed by atoms with van der Waals surface area (Å²) in [6.07, 6.45) is 0.853. The van der Waals surface area contributed by atoms with E-state index in [4.69, 9.17) is 23.2 Å². The van der Waals surface area contributed by atoms with Gasteiger partial charge in [-0.15, -0.1) is 0 Å². The van der Waals surface area contributed by atoms with Crippen molar-refractivity contribution in [3.8, 4) is 0 Å². The van der Waals surface area contributed by atoms with Gasteiger partial charge in [0.1, 0.15) is 0 Å². The first kappa shape index (κ1) is 13.4. The minimum Gasteiger partial charge on any atom is -0.388 e. The molecule has 0 bridgehead atoms. The summed E-state index contributed by atoms with van der Waals surface area (Å²) in [7, 11) is 0. The second-order valence-electron chi connectivity index (χ2n) is 4.21. The molecule has 1 nitrogen and oxygen atoms in total. The standard InChI is InChI=1S/C15H14Cl2O/c16-12-7-8-14(17)13(10-12)15(18)9-6-11-4-2-1-3-5-11/h1-5,7-8,10,15,18H,6,9H2. The van der Waals surface area contributed by atoms with Gasteiger partial charge < -0.3 is 5.11 Å². The van der Waals surface area contributed by atoms with Crippen molar-refractivity contribution in [2.75, 3.05) is 0 Å². The average molecular weight is 281 g/mol. The molecule has 2 rings (SSSR count). The number of hydrogen-bond donors (Lipinski definition) is 1.